The van der Waals surface area contributed by atoms with E-state index in [0.29, 0.717) is 0 Å². The van der Waals surface area contributed by atoms with Crippen molar-refractivity contribution < 1.29 is 0 Å². The van der Waals surface area contributed by atoms with Crippen molar-refractivity contribution in [3.8, 4) is 0 Å². The molecular formula is C13H20N2. The molecule has 0 bridgehead atoms. The van der Waals surface area contributed by atoms with Crippen LogP contribution in [-0.4, -0.2) is 23.0 Å². The van der Waals surface area contributed by atoms with Crippen LogP contribution in [0.2, 0.25) is 0 Å². The summed E-state index contributed by atoms with van der Waals surface area (Å²) in [6, 6.07) is 2.84. The number of aromatic nitrogens is 1. The first-order valence-electron chi connectivity index (χ1n) is 5.65. The number of nitrogens with one attached hydrogen (secondary N) is 1. The van der Waals surface area contributed by atoms with Gasteiger partial charge in [-0.15, -0.1) is 0 Å². The van der Waals surface area contributed by atoms with Crippen LogP contribution in [0.5, 0.6) is 0 Å². The Kier molecular flexibility index (Phi) is 2.59. The molecular weight excluding hydrogens is 184 g/mol. The van der Waals surface area contributed by atoms with E-state index in [0.717, 1.165) is 17.3 Å². The first kappa shape index (κ1) is 10.3. The van der Waals surface area contributed by atoms with E-state index in [2.05, 4.69) is 43.4 Å². The molecule has 1 N–H and O–H groups in total. The van der Waals surface area contributed by atoms with E-state index in [1.54, 1.807) is 0 Å². The lowest BCUT2D eigenvalue weighted by Gasteiger charge is -2.41. The molecule has 1 aliphatic carbocycles. The van der Waals surface area contributed by atoms with Crippen molar-refractivity contribution in [3.05, 3.63) is 22.8 Å². The van der Waals surface area contributed by atoms with Gasteiger partial charge in [0.05, 0.1) is 0 Å². The molecule has 1 aromatic rings. The van der Waals surface area contributed by atoms with Crippen LogP contribution in [0.3, 0.4) is 0 Å². The molecule has 2 rings (SSSR count). The predicted octanol–water partition coefficient (Wildman–Crippen LogP) is 1.28. The summed E-state index contributed by atoms with van der Waals surface area (Å²) >= 11 is 0. The van der Waals surface area contributed by atoms with Gasteiger partial charge in [0.25, 0.3) is 0 Å². The first-order valence-corrected chi connectivity index (χ1v) is 5.65. The van der Waals surface area contributed by atoms with E-state index < -0.39 is 0 Å². The molecule has 1 aromatic heterocycles. The zero-order chi connectivity index (χ0) is 11.0. The van der Waals surface area contributed by atoms with Crippen LogP contribution in [0.15, 0.2) is 12.3 Å². The Labute approximate surface area is 91.3 Å². The highest BCUT2D eigenvalue weighted by Crippen LogP contribution is 2.31. The van der Waals surface area contributed by atoms with Crippen molar-refractivity contribution in [1.29, 1.82) is 0 Å². The summed E-state index contributed by atoms with van der Waals surface area (Å²) in [6.07, 6.45) is 4.61. The number of aromatic amines is 1. The highest BCUT2D eigenvalue weighted by molar-refractivity contribution is 5.40. The second-order valence-corrected chi connectivity index (χ2v) is 4.80. The van der Waals surface area contributed by atoms with E-state index in [9.17, 15) is 0 Å². The van der Waals surface area contributed by atoms with Gasteiger partial charge in [-0.2, -0.15) is 0 Å². The molecule has 0 unspecified atom stereocenters. The Hall–Kier alpha value is -1.18. The fraction of sp³-hybridized carbons (Fsp3) is 0.538. The smallest absolute Gasteiger partial charge is 0.0398 e. The van der Waals surface area contributed by atoms with E-state index in [1.807, 2.05) is 6.20 Å². The fourth-order valence-corrected chi connectivity index (χ4v) is 2.38. The summed E-state index contributed by atoms with van der Waals surface area (Å²) in [7, 11) is 2.19. The largest absolute Gasteiger partial charge is 0.375 e. The van der Waals surface area contributed by atoms with Crippen molar-refractivity contribution in [2.24, 2.45) is 5.92 Å². The second kappa shape index (κ2) is 3.76. The van der Waals surface area contributed by atoms with Crippen LogP contribution < -0.4 is 10.6 Å². The van der Waals surface area contributed by atoms with E-state index in [-0.39, 0.29) is 0 Å². The van der Waals surface area contributed by atoms with Crippen molar-refractivity contribution in [1.82, 2.24) is 9.88 Å². The lowest BCUT2D eigenvalue weighted by molar-refractivity contribution is 0.160. The fourth-order valence-electron chi connectivity index (χ4n) is 2.38. The molecule has 82 valence electrons. The topological polar surface area (TPSA) is 19.0 Å². The summed E-state index contributed by atoms with van der Waals surface area (Å²) < 4.78 is 0. The predicted molar refractivity (Wildman–Crippen MR) is 64.6 cm³/mol. The third-order valence-electron chi connectivity index (χ3n) is 3.65. The maximum Gasteiger partial charge on any atom is 0.0398 e. The SMILES string of the molecule is C=c1[nH]cc/c1=C(/C)N(C)C1CC(C)C1. The molecule has 0 atom stereocenters. The Morgan fingerprint density at radius 1 is 1.53 bits per heavy atom. The lowest BCUT2D eigenvalue weighted by atomic mass is 9.81. The summed E-state index contributed by atoms with van der Waals surface area (Å²) in [5, 5.41) is 2.27. The number of hydrogen-bond acceptors (Lipinski definition) is 1. The van der Waals surface area contributed by atoms with Crippen LogP contribution in [0.25, 0.3) is 12.3 Å². The van der Waals surface area contributed by atoms with Gasteiger partial charge in [0.1, 0.15) is 0 Å². The van der Waals surface area contributed by atoms with Crippen LogP contribution in [0, 0.1) is 5.92 Å². The highest BCUT2D eigenvalue weighted by atomic mass is 15.1. The lowest BCUT2D eigenvalue weighted by Crippen LogP contribution is -2.42. The van der Waals surface area contributed by atoms with Gasteiger partial charge in [0.2, 0.25) is 0 Å². The molecule has 0 aliphatic heterocycles. The summed E-state index contributed by atoms with van der Waals surface area (Å²) in [5.74, 6) is 0.899. The number of hydrogen-bond donors (Lipinski definition) is 1. The Morgan fingerprint density at radius 3 is 2.67 bits per heavy atom. The van der Waals surface area contributed by atoms with Crippen LogP contribution in [0.1, 0.15) is 26.7 Å². The van der Waals surface area contributed by atoms with Crippen LogP contribution in [0.4, 0.5) is 0 Å². The van der Waals surface area contributed by atoms with Gasteiger partial charge < -0.3 is 9.88 Å². The van der Waals surface area contributed by atoms with Crippen LogP contribution in [-0.2, 0) is 0 Å². The third kappa shape index (κ3) is 1.81. The standard InChI is InChI=1S/C13H20N2/c1-9-7-12(8-9)15(4)11(3)13-5-6-14-10(13)2/h5-6,9,12,14H,2,7-8H2,1,3-4H3/b13-11+. The number of H-pyrrole nitrogens is 1. The maximum absolute atomic E-state index is 4.00. The molecule has 1 fully saturated rings. The zero-order valence-corrected chi connectivity index (χ0v) is 9.88. The number of rotatable bonds is 2. The first-order chi connectivity index (χ1) is 7.09. The van der Waals surface area contributed by atoms with Crippen molar-refractivity contribution in [3.63, 3.8) is 0 Å². The van der Waals surface area contributed by atoms with Gasteiger partial charge >= 0.3 is 0 Å². The van der Waals surface area contributed by atoms with E-state index in [1.165, 1.54) is 23.8 Å². The highest BCUT2D eigenvalue weighted by Gasteiger charge is 2.28. The van der Waals surface area contributed by atoms with Crippen molar-refractivity contribution >= 4 is 12.3 Å². The average Bonchev–Trinajstić information content (AvgIpc) is 2.57. The number of nitrogens with zero attached hydrogens (tertiary/aromatic N) is 1. The summed E-state index contributed by atoms with van der Waals surface area (Å²) in [6.45, 7) is 8.50. The molecule has 0 amide bonds. The minimum absolute atomic E-state index is 0.731. The normalized spacial score (nSPS) is 27.1. The molecule has 0 spiro atoms. The van der Waals surface area contributed by atoms with Gasteiger partial charge in [-0.25, -0.2) is 0 Å². The Balaban J connectivity index is 2.25. The molecule has 15 heavy (non-hydrogen) atoms. The molecule has 2 heteroatoms. The van der Waals surface area contributed by atoms with Gasteiger partial charge in [-0.05, 0) is 31.7 Å². The van der Waals surface area contributed by atoms with Gasteiger partial charge in [-0.1, -0.05) is 13.5 Å². The van der Waals surface area contributed by atoms with Gasteiger partial charge in [0.15, 0.2) is 0 Å². The molecule has 2 nitrogen and oxygen atoms in total. The van der Waals surface area contributed by atoms with Crippen LogP contribution >= 0.6 is 0 Å². The quantitative estimate of drug-likeness (QED) is 0.769. The molecule has 1 aliphatic rings. The Bertz CT molecular complexity index is 437. The monoisotopic (exact) mass is 204 g/mol. The zero-order valence-electron chi connectivity index (χ0n) is 9.88. The van der Waals surface area contributed by atoms with E-state index in [4.69, 9.17) is 0 Å². The van der Waals surface area contributed by atoms with Crippen molar-refractivity contribution in [2.75, 3.05) is 7.05 Å². The average molecular weight is 204 g/mol. The summed E-state index contributed by atoms with van der Waals surface area (Å²) in [4.78, 5) is 5.53. The van der Waals surface area contributed by atoms with E-state index >= 15 is 0 Å². The summed E-state index contributed by atoms with van der Waals surface area (Å²) in [5.41, 5.74) is 1.33. The Morgan fingerprint density at radius 2 is 2.20 bits per heavy atom. The van der Waals surface area contributed by atoms with Crippen molar-refractivity contribution in [2.45, 2.75) is 32.7 Å². The maximum atomic E-state index is 4.00. The minimum Gasteiger partial charge on any atom is -0.375 e. The molecule has 1 heterocycles. The second-order valence-electron chi connectivity index (χ2n) is 4.80. The minimum atomic E-state index is 0.731. The third-order valence-corrected chi connectivity index (χ3v) is 3.65. The van der Waals surface area contributed by atoms with Gasteiger partial charge in [-0.3, -0.25) is 0 Å². The molecule has 0 radical (unpaired) electrons. The molecule has 0 saturated heterocycles. The molecule has 0 aromatic carbocycles. The molecule has 1 saturated carbocycles. The van der Waals surface area contributed by atoms with Gasteiger partial charge in [0, 0.05) is 35.6 Å².